The summed E-state index contributed by atoms with van der Waals surface area (Å²) in [5.41, 5.74) is 1.34. The van der Waals surface area contributed by atoms with Crippen LogP contribution in [0.15, 0.2) is 23.4 Å². The highest BCUT2D eigenvalue weighted by Gasteiger charge is 2.14. The first kappa shape index (κ1) is 11.0. The van der Waals surface area contributed by atoms with Crippen molar-refractivity contribution >= 4 is 11.8 Å². The van der Waals surface area contributed by atoms with Gasteiger partial charge in [0.25, 0.3) is 0 Å². The van der Waals surface area contributed by atoms with Crippen molar-refractivity contribution in [3.63, 3.8) is 0 Å². The van der Waals surface area contributed by atoms with Crippen LogP contribution >= 0.6 is 11.8 Å². The molecule has 0 bridgehead atoms. The van der Waals surface area contributed by atoms with E-state index in [9.17, 15) is 0 Å². The summed E-state index contributed by atoms with van der Waals surface area (Å²) in [5, 5.41) is 4.68. The van der Waals surface area contributed by atoms with Gasteiger partial charge in [0.15, 0.2) is 0 Å². The Balaban J connectivity index is 2.02. The molecule has 1 aromatic rings. The minimum atomic E-state index is 0.534. The normalized spacial score (nSPS) is 21.5. The van der Waals surface area contributed by atoms with Crippen LogP contribution in [-0.2, 0) is 0 Å². The fourth-order valence-electron chi connectivity index (χ4n) is 1.97. The van der Waals surface area contributed by atoms with Crippen molar-refractivity contribution in [1.29, 1.82) is 0 Å². The maximum absolute atomic E-state index is 4.47. The quantitative estimate of drug-likeness (QED) is 0.796. The zero-order chi connectivity index (χ0) is 10.5. The van der Waals surface area contributed by atoms with Crippen LogP contribution in [0.4, 0.5) is 0 Å². The highest BCUT2D eigenvalue weighted by molar-refractivity contribution is 7.99. The fraction of sp³-hybridized carbons (Fsp3) is 0.583. The molecule has 1 N–H and O–H groups in total. The van der Waals surface area contributed by atoms with Gasteiger partial charge in [-0.1, -0.05) is 19.4 Å². The van der Waals surface area contributed by atoms with E-state index in [-0.39, 0.29) is 0 Å². The first-order valence-electron chi connectivity index (χ1n) is 5.72. The van der Waals surface area contributed by atoms with E-state index in [2.05, 4.69) is 29.4 Å². The zero-order valence-corrected chi connectivity index (χ0v) is 10.0. The molecule has 1 atom stereocenters. The van der Waals surface area contributed by atoms with E-state index >= 15 is 0 Å². The van der Waals surface area contributed by atoms with Crippen LogP contribution in [0.5, 0.6) is 0 Å². The molecule has 0 spiro atoms. The van der Waals surface area contributed by atoms with Gasteiger partial charge in [0.05, 0.1) is 5.03 Å². The molecular formula is C12H18N2S. The Labute approximate surface area is 95.9 Å². The smallest absolute Gasteiger partial charge is 0.0959 e. The average Bonchev–Trinajstić information content (AvgIpc) is 2.32. The number of hydrogen-bond acceptors (Lipinski definition) is 3. The minimum Gasteiger partial charge on any atom is -0.310 e. The molecule has 1 fully saturated rings. The van der Waals surface area contributed by atoms with E-state index in [0.29, 0.717) is 6.04 Å². The van der Waals surface area contributed by atoms with Gasteiger partial charge in [-0.3, -0.25) is 0 Å². The number of pyridine rings is 1. The third kappa shape index (κ3) is 2.95. The summed E-state index contributed by atoms with van der Waals surface area (Å²) in [6.07, 6.45) is 5.93. The Hall–Kier alpha value is -0.540. The van der Waals surface area contributed by atoms with Crippen LogP contribution in [0.1, 0.15) is 37.8 Å². The van der Waals surface area contributed by atoms with E-state index in [1.54, 1.807) is 11.8 Å². The first-order valence-corrected chi connectivity index (χ1v) is 6.71. The summed E-state index contributed by atoms with van der Waals surface area (Å²) < 4.78 is 0. The number of nitrogens with one attached hydrogen (secondary N) is 1. The van der Waals surface area contributed by atoms with Gasteiger partial charge in [0, 0.05) is 12.2 Å². The molecule has 0 unspecified atom stereocenters. The van der Waals surface area contributed by atoms with Crippen LogP contribution in [0, 0.1) is 0 Å². The summed E-state index contributed by atoms with van der Waals surface area (Å²) in [6, 6.07) is 4.89. The summed E-state index contributed by atoms with van der Waals surface area (Å²) in [5.74, 6) is 1.09. The topological polar surface area (TPSA) is 24.9 Å². The summed E-state index contributed by atoms with van der Waals surface area (Å²) in [6.45, 7) is 3.30. The van der Waals surface area contributed by atoms with E-state index in [1.807, 2.05) is 6.20 Å². The maximum atomic E-state index is 4.47. The highest BCUT2D eigenvalue weighted by Crippen LogP contribution is 2.23. The molecule has 2 rings (SSSR count). The number of piperidine rings is 1. The molecule has 0 saturated carbocycles. The van der Waals surface area contributed by atoms with Crippen LogP contribution < -0.4 is 5.32 Å². The number of hydrogen-bond donors (Lipinski definition) is 1. The van der Waals surface area contributed by atoms with Gasteiger partial charge in [-0.25, -0.2) is 4.98 Å². The molecule has 3 heteroatoms. The minimum absolute atomic E-state index is 0.534. The lowest BCUT2D eigenvalue weighted by Crippen LogP contribution is -2.26. The third-order valence-electron chi connectivity index (χ3n) is 2.76. The number of rotatable bonds is 3. The fourth-order valence-corrected chi connectivity index (χ4v) is 2.55. The van der Waals surface area contributed by atoms with Crippen molar-refractivity contribution in [3.05, 3.63) is 23.9 Å². The first-order chi connectivity index (χ1) is 7.40. The Bertz CT molecular complexity index is 291. The maximum Gasteiger partial charge on any atom is 0.0959 e. The Morgan fingerprint density at radius 1 is 1.47 bits per heavy atom. The van der Waals surface area contributed by atoms with Gasteiger partial charge in [-0.2, -0.15) is 0 Å². The van der Waals surface area contributed by atoms with E-state index in [1.165, 1.54) is 24.8 Å². The summed E-state index contributed by atoms with van der Waals surface area (Å²) in [7, 11) is 0. The molecule has 0 aliphatic carbocycles. The van der Waals surface area contributed by atoms with Crippen LogP contribution in [0.2, 0.25) is 0 Å². The van der Waals surface area contributed by atoms with Crippen LogP contribution in [0.25, 0.3) is 0 Å². The number of aromatic nitrogens is 1. The molecule has 15 heavy (non-hydrogen) atoms. The molecule has 1 saturated heterocycles. The molecule has 1 aliphatic rings. The highest BCUT2D eigenvalue weighted by atomic mass is 32.2. The van der Waals surface area contributed by atoms with E-state index < -0.39 is 0 Å². The second kappa shape index (κ2) is 5.52. The summed E-state index contributed by atoms with van der Waals surface area (Å²) >= 11 is 1.80. The molecule has 1 aliphatic heterocycles. The Kier molecular flexibility index (Phi) is 4.03. The predicted octanol–water partition coefficient (Wildman–Crippen LogP) is 3.01. The van der Waals surface area contributed by atoms with Crippen molar-refractivity contribution in [2.24, 2.45) is 0 Å². The van der Waals surface area contributed by atoms with Gasteiger partial charge in [0.1, 0.15) is 0 Å². The zero-order valence-electron chi connectivity index (χ0n) is 9.20. The molecular weight excluding hydrogens is 204 g/mol. The second-order valence-electron chi connectivity index (χ2n) is 3.87. The van der Waals surface area contributed by atoms with Gasteiger partial charge in [-0.05, 0) is 36.8 Å². The lowest BCUT2D eigenvalue weighted by Gasteiger charge is -2.23. The van der Waals surface area contributed by atoms with Crippen molar-refractivity contribution in [2.45, 2.75) is 37.3 Å². The summed E-state index contributed by atoms with van der Waals surface area (Å²) in [4.78, 5) is 4.47. The molecule has 82 valence electrons. The van der Waals surface area contributed by atoms with Gasteiger partial charge in [-0.15, -0.1) is 11.8 Å². The van der Waals surface area contributed by atoms with Gasteiger partial charge < -0.3 is 5.32 Å². The number of thioether (sulfide) groups is 1. The largest absolute Gasteiger partial charge is 0.310 e. The van der Waals surface area contributed by atoms with Crippen LogP contribution in [-0.4, -0.2) is 17.3 Å². The molecule has 0 radical (unpaired) electrons. The Morgan fingerprint density at radius 3 is 3.00 bits per heavy atom. The molecule has 2 heterocycles. The molecule has 0 amide bonds. The average molecular weight is 222 g/mol. The standard InChI is InChI=1S/C12H18N2S/c1-2-15-12-7-6-10(9-14-12)11-5-3-4-8-13-11/h6-7,9,11,13H,2-5,8H2,1H3/t11-/m1/s1. The molecule has 0 aromatic carbocycles. The second-order valence-corrected chi connectivity index (χ2v) is 5.15. The molecule has 1 aromatic heterocycles. The lowest BCUT2D eigenvalue weighted by molar-refractivity contribution is 0.411. The van der Waals surface area contributed by atoms with E-state index in [4.69, 9.17) is 0 Å². The van der Waals surface area contributed by atoms with E-state index in [0.717, 1.165) is 17.3 Å². The van der Waals surface area contributed by atoms with Crippen molar-refractivity contribution in [2.75, 3.05) is 12.3 Å². The van der Waals surface area contributed by atoms with Crippen molar-refractivity contribution < 1.29 is 0 Å². The third-order valence-corrected chi connectivity index (χ3v) is 3.59. The van der Waals surface area contributed by atoms with Crippen molar-refractivity contribution in [1.82, 2.24) is 10.3 Å². The SMILES string of the molecule is CCSc1ccc([C@H]2CCCCN2)cn1. The predicted molar refractivity (Wildman–Crippen MR) is 65.2 cm³/mol. The van der Waals surface area contributed by atoms with Crippen LogP contribution in [0.3, 0.4) is 0 Å². The van der Waals surface area contributed by atoms with Gasteiger partial charge in [0.2, 0.25) is 0 Å². The Morgan fingerprint density at radius 2 is 2.40 bits per heavy atom. The monoisotopic (exact) mass is 222 g/mol. The lowest BCUT2D eigenvalue weighted by atomic mass is 9.99. The molecule has 2 nitrogen and oxygen atoms in total. The van der Waals surface area contributed by atoms with Gasteiger partial charge >= 0.3 is 0 Å². The number of nitrogens with zero attached hydrogens (tertiary/aromatic N) is 1. The van der Waals surface area contributed by atoms with Crippen molar-refractivity contribution in [3.8, 4) is 0 Å².